The van der Waals surface area contributed by atoms with E-state index in [4.69, 9.17) is 11.8 Å². The fourth-order valence-electron chi connectivity index (χ4n) is 2.91. The predicted octanol–water partition coefficient (Wildman–Crippen LogP) is 2.80. The van der Waals surface area contributed by atoms with Crippen LogP contribution in [0.5, 0.6) is 0 Å². The second-order valence-electron chi connectivity index (χ2n) is 5.68. The number of piperazine rings is 1. The van der Waals surface area contributed by atoms with Crippen LogP contribution in [-0.2, 0) is 6.42 Å². The Balaban J connectivity index is 1.81. The Morgan fingerprint density at radius 1 is 1.22 bits per heavy atom. The Kier molecular flexibility index (Phi) is 5.31. The van der Waals surface area contributed by atoms with E-state index < -0.39 is 0 Å². The van der Waals surface area contributed by atoms with Gasteiger partial charge in [0.1, 0.15) is 5.82 Å². The van der Waals surface area contributed by atoms with Crippen molar-refractivity contribution in [1.82, 2.24) is 14.4 Å². The van der Waals surface area contributed by atoms with Gasteiger partial charge in [-0.3, -0.25) is 0 Å². The largest absolute Gasteiger partial charge is 0.370 e. The fourth-order valence-corrected chi connectivity index (χ4v) is 3.14. The summed E-state index contributed by atoms with van der Waals surface area (Å²) in [6, 6.07) is 12.7. The highest BCUT2D eigenvalue weighted by Crippen LogP contribution is 2.21. The van der Waals surface area contributed by atoms with Gasteiger partial charge in [-0.1, -0.05) is 30.3 Å². The quantitative estimate of drug-likeness (QED) is 0.853. The number of halogens is 1. The number of nitrogens with one attached hydrogen (secondary N) is 1. The van der Waals surface area contributed by atoms with Gasteiger partial charge in [0.25, 0.3) is 0 Å². The van der Waals surface area contributed by atoms with Gasteiger partial charge in [-0.05, 0) is 36.8 Å². The van der Waals surface area contributed by atoms with Crippen molar-refractivity contribution in [3.05, 3.63) is 48.2 Å². The molecule has 0 spiro atoms. The number of hydrogen-bond donors (Lipinski definition) is 1. The molecule has 0 aliphatic carbocycles. The number of nitrogens with zero attached hydrogens (tertiary/aromatic N) is 4. The van der Waals surface area contributed by atoms with Crippen molar-refractivity contribution in [3.8, 4) is 0 Å². The molecule has 5 nitrogen and oxygen atoms in total. The molecule has 0 amide bonds. The summed E-state index contributed by atoms with van der Waals surface area (Å²) in [5.41, 5.74) is 1.30. The fraction of sp³-hybridized carbons (Fsp3) is 0.412. The van der Waals surface area contributed by atoms with E-state index in [1.165, 1.54) is 5.56 Å². The first kappa shape index (κ1) is 16.0. The molecule has 1 aromatic heterocycles. The summed E-state index contributed by atoms with van der Waals surface area (Å²) in [6.07, 6.45) is 2.74. The normalized spacial score (nSPS) is 18.9. The Morgan fingerprint density at radius 2 is 2.04 bits per heavy atom. The first-order chi connectivity index (χ1) is 11.3. The summed E-state index contributed by atoms with van der Waals surface area (Å²) < 4.78 is 1.86. The molecule has 3 rings (SSSR count). The molecule has 1 aliphatic rings. The summed E-state index contributed by atoms with van der Waals surface area (Å²) in [5, 5.41) is 3.25. The van der Waals surface area contributed by atoms with E-state index in [2.05, 4.69) is 51.4 Å². The second-order valence-corrected chi connectivity index (χ2v) is 6.16. The zero-order valence-electron chi connectivity index (χ0n) is 13.3. The third-order valence-electron chi connectivity index (χ3n) is 4.00. The van der Waals surface area contributed by atoms with Crippen molar-refractivity contribution in [2.24, 2.45) is 0 Å². The highest BCUT2D eigenvalue weighted by molar-refractivity contribution is 6.13. The lowest BCUT2D eigenvalue weighted by molar-refractivity contribution is 0.345. The standard InChI is InChI=1S/C17H22ClN5/c1-2-19-16-8-9-20-17(21-16)23-11-10-22(18)13-15(23)12-14-6-4-3-5-7-14/h3-9,15H,2,10-13H2,1H3,(H,19,20,21). The molecule has 122 valence electrons. The number of benzene rings is 1. The van der Waals surface area contributed by atoms with Crippen molar-refractivity contribution in [3.63, 3.8) is 0 Å². The highest BCUT2D eigenvalue weighted by Gasteiger charge is 2.28. The summed E-state index contributed by atoms with van der Waals surface area (Å²) in [5.74, 6) is 1.64. The van der Waals surface area contributed by atoms with Crippen molar-refractivity contribution in [2.45, 2.75) is 19.4 Å². The SMILES string of the molecule is CCNc1ccnc(N2CCN(Cl)CC2Cc2ccccc2)n1. The minimum absolute atomic E-state index is 0.264. The predicted molar refractivity (Wildman–Crippen MR) is 94.9 cm³/mol. The zero-order chi connectivity index (χ0) is 16.1. The smallest absolute Gasteiger partial charge is 0.227 e. The first-order valence-electron chi connectivity index (χ1n) is 8.04. The molecule has 23 heavy (non-hydrogen) atoms. The summed E-state index contributed by atoms with van der Waals surface area (Å²) in [6.45, 7) is 5.34. The average Bonchev–Trinajstić information content (AvgIpc) is 2.56. The van der Waals surface area contributed by atoms with Gasteiger partial charge in [0.05, 0.1) is 0 Å². The van der Waals surface area contributed by atoms with E-state index in [1.54, 1.807) is 0 Å². The molecule has 1 N–H and O–H groups in total. The molecular formula is C17H22ClN5. The van der Waals surface area contributed by atoms with Crippen molar-refractivity contribution < 1.29 is 0 Å². The third kappa shape index (κ3) is 4.12. The minimum atomic E-state index is 0.264. The lowest BCUT2D eigenvalue weighted by Gasteiger charge is -2.39. The van der Waals surface area contributed by atoms with Crippen molar-refractivity contribution in [2.75, 3.05) is 36.4 Å². The van der Waals surface area contributed by atoms with E-state index in [9.17, 15) is 0 Å². The molecule has 2 aromatic rings. The monoisotopic (exact) mass is 331 g/mol. The van der Waals surface area contributed by atoms with Gasteiger partial charge in [-0.2, -0.15) is 4.98 Å². The van der Waals surface area contributed by atoms with Crippen LogP contribution in [0.3, 0.4) is 0 Å². The Bertz CT molecular complexity index is 621. The summed E-state index contributed by atoms with van der Waals surface area (Å²) >= 11 is 6.26. The molecule has 1 saturated heterocycles. The van der Waals surface area contributed by atoms with Crippen LogP contribution in [0.4, 0.5) is 11.8 Å². The topological polar surface area (TPSA) is 44.3 Å². The van der Waals surface area contributed by atoms with Gasteiger partial charge in [0.15, 0.2) is 0 Å². The maximum absolute atomic E-state index is 6.26. The van der Waals surface area contributed by atoms with Gasteiger partial charge in [0.2, 0.25) is 5.95 Å². The Labute approximate surface area is 142 Å². The van der Waals surface area contributed by atoms with Gasteiger partial charge in [-0.25, -0.2) is 9.40 Å². The molecule has 0 bridgehead atoms. The van der Waals surface area contributed by atoms with E-state index >= 15 is 0 Å². The number of hydrogen-bond acceptors (Lipinski definition) is 5. The molecule has 2 heterocycles. The second kappa shape index (κ2) is 7.62. The van der Waals surface area contributed by atoms with Crippen LogP contribution in [0.1, 0.15) is 12.5 Å². The molecule has 1 unspecified atom stereocenters. The molecular weight excluding hydrogens is 310 g/mol. The number of rotatable bonds is 5. The summed E-state index contributed by atoms with van der Waals surface area (Å²) in [4.78, 5) is 11.4. The van der Waals surface area contributed by atoms with Crippen LogP contribution in [0.2, 0.25) is 0 Å². The van der Waals surface area contributed by atoms with Crippen LogP contribution >= 0.6 is 11.8 Å². The molecule has 1 atom stereocenters. The van der Waals surface area contributed by atoms with Gasteiger partial charge < -0.3 is 10.2 Å². The van der Waals surface area contributed by atoms with Crippen molar-refractivity contribution >= 4 is 23.5 Å². The van der Waals surface area contributed by atoms with Crippen LogP contribution in [0, 0.1) is 0 Å². The van der Waals surface area contributed by atoms with Gasteiger partial charge in [0, 0.05) is 38.4 Å². The lowest BCUT2D eigenvalue weighted by atomic mass is 10.0. The molecule has 6 heteroatoms. The molecule has 0 saturated carbocycles. The Hall–Kier alpha value is -1.85. The molecule has 1 aromatic carbocycles. The van der Waals surface area contributed by atoms with Crippen LogP contribution < -0.4 is 10.2 Å². The van der Waals surface area contributed by atoms with Crippen molar-refractivity contribution in [1.29, 1.82) is 0 Å². The summed E-state index contributed by atoms with van der Waals surface area (Å²) in [7, 11) is 0. The lowest BCUT2D eigenvalue weighted by Crippen LogP contribution is -2.52. The van der Waals surface area contributed by atoms with E-state index in [0.29, 0.717) is 0 Å². The molecule has 0 radical (unpaired) electrons. The molecule has 1 fully saturated rings. The molecule has 1 aliphatic heterocycles. The first-order valence-corrected chi connectivity index (χ1v) is 8.38. The van der Waals surface area contributed by atoms with Gasteiger partial charge >= 0.3 is 0 Å². The van der Waals surface area contributed by atoms with Gasteiger partial charge in [-0.15, -0.1) is 0 Å². The van der Waals surface area contributed by atoms with E-state index in [-0.39, 0.29) is 6.04 Å². The van der Waals surface area contributed by atoms with Crippen LogP contribution in [-0.4, -0.2) is 46.6 Å². The minimum Gasteiger partial charge on any atom is -0.370 e. The highest BCUT2D eigenvalue weighted by atomic mass is 35.5. The van der Waals surface area contributed by atoms with E-state index in [1.807, 2.05) is 22.7 Å². The Morgan fingerprint density at radius 3 is 2.83 bits per heavy atom. The zero-order valence-corrected chi connectivity index (χ0v) is 14.1. The number of anilines is 2. The van der Waals surface area contributed by atoms with E-state index in [0.717, 1.165) is 44.4 Å². The van der Waals surface area contributed by atoms with Crippen LogP contribution in [0.25, 0.3) is 0 Å². The maximum Gasteiger partial charge on any atom is 0.227 e. The average molecular weight is 332 g/mol. The number of aromatic nitrogens is 2. The maximum atomic E-state index is 6.26. The van der Waals surface area contributed by atoms with Crippen LogP contribution in [0.15, 0.2) is 42.6 Å². The third-order valence-corrected chi connectivity index (χ3v) is 4.31.